The summed E-state index contributed by atoms with van der Waals surface area (Å²) in [6, 6.07) is 1.13. The molecular formula is C9H13N3O5S. The molecule has 1 fully saturated rings. The summed E-state index contributed by atoms with van der Waals surface area (Å²) in [6.07, 6.45) is -3.22. The number of H-pyrrole nitrogens is 1. The molecule has 100 valence electrons. The summed E-state index contributed by atoms with van der Waals surface area (Å²) in [5.74, 6) is 0.0491. The van der Waals surface area contributed by atoms with Crippen molar-refractivity contribution in [2.45, 2.75) is 28.9 Å². The number of anilines is 1. The van der Waals surface area contributed by atoms with Crippen LogP contribution in [0.15, 0.2) is 16.0 Å². The van der Waals surface area contributed by atoms with E-state index in [1.807, 2.05) is 0 Å². The van der Waals surface area contributed by atoms with E-state index in [2.05, 4.69) is 9.97 Å². The molecule has 0 amide bonds. The number of aliphatic hydroxyl groups excluding tert-OH is 3. The lowest BCUT2D eigenvalue weighted by Crippen LogP contribution is -2.33. The van der Waals surface area contributed by atoms with Gasteiger partial charge in [-0.1, -0.05) is 11.8 Å². The van der Waals surface area contributed by atoms with Gasteiger partial charge in [-0.15, -0.1) is 0 Å². The summed E-state index contributed by atoms with van der Waals surface area (Å²) in [5.41, 5.74) is 4.16. The van der Waals surface area contributed by atoms with Gasteiger partial charge in [-0.25, -0.2) is 4.98 Å². The number of nitrogens with zero attached hydrogens (tertiary/aromatic N) is 1. The summed E-state index contributed by atoms with van der Waals surface area (Å²) >= 11 is 0.921. The van der Waals surface area contributed by atoms with E-state index in [4.69, 9.17) is 15.6 Å². The molecule has 0 spiro atoms. The number of aliphatic hydroxyl groups is 3. The molecule has 2 heterocycles. The molecule has 0 aromatic carbocycles. The zero-order valence-corrected chi connectivity index (χ0v) is 10.0. The van der Waals surface area contributed by atoms with Crippen molar-refractivity contribution in [1.29, 1.82) is 0 Å². The predicted molar refractivity (Wildman–Crippen MR) is 62.9 cm³/mol. The van der Waals surface area contributed by atoms with Crippen molar-refractivity contribution in [3.05, 3.63) is 16.4 Å². The number of hydrogen-bond acceptors (Lipinski definition) is 8. The normalized spacial score (nSPS) is 31.7. The zero-order valence-electron chi connectivity index (χ0n) is 9.18. The van der Waals surface area contributed by atoms with Crippen molar-refractivity contribution >= 4 is 17.6 Å². The topological polar surface area (TPSA) is 142 Å². The van der Waals surface area contributed by atoms with Gasteiger partial charge >= 0.3 is 0 Å². The van der Waals surface area contributed by atoms with Gasteiger partial charge in [0, 0.05) is 6.07 Å². The minimum absolute atomic E-state index is 0.0491. The second-order valence-electron chi connectivity index (χ2n) is 3.80. The van der Waals surface area contributed by atoms with E-state index in [0.717, 1.165) is 17.8 Å². The third-order valence-corrected chi connectivity index (χ3v) is 3.50. The molecule has 6 N–H and O–H groups in total. The van der Waals surface area contributed by atoms with Gasteiger partial charge in [0.2, 0.25) is 0 Å². The Morgan fingerprint density at radius 3 is 2.78 bits per heavy atom. The monoisotopic (exact) mass is 275 g/mol. The molecule has 4 unspecified atom stereocenters. The van der Waals surface area contributed by atoms with Crippen LogP contribution in [0.2, 0.25) is 0 Å². The summed E-state index contributed by atoms with van der Waals surface area (Å²) < 4.78 is 5.23. The predicted octanol–water partition coefficient (Wildman–Crippen LogP) is -2.12. The van der Waals surface area contributed by atoms with Crippen molar-refractivity contribution in [3.8, 4) is 0 Å². The average molecular weight is 275 g/mol. The lowest BCUT2D eigenvalue weighted by atomic mass is 10.2. The fourth-order valence-corrected chi connectivity index (χ4v) is 2.62. The van der Waals surface area contributed by atoms with Crippen molar-refractivity contribution in [1.82, 2.24) is 9.97 Å². The first-order chi connectivity index (χ1) is 8.51. The van der Waals surface area contributed by atoms with Gasteiger partial charge < -0.3 is 30.8 Å². The van der Waals surface area contributed by atoms with Crippen molar-refractivity contribution < 1.29 is 20.1 Å². The fourth-order valence-electron chi connectivity index (χ4n) is 1.58. The van der Waals surface area contributed by atoms with E-state index in [0.29, 0.717) is 0 Å². The smallest absolute Gasteiger partial charge is 0.253 e. The molecule has 1 aromatic heterocycles. The minimum Gasteiger partial charge on any atom is -0.394 e. The van der Waals surface area contributed by atoms with Gasteiger partial charge in [0.05, 0.1) is 6.61 Å². The Morgan fingerprint density at radius 1 is 1.50 bits per heavy atom. The van der Waals surface area contributed by atoms with Crippen molar-refractivity contribution in [2.75, 3.05) is 12.3 Å². The highest BCUT2D eigenvalue weighted by Gasteiger charge is 2.43. The second-order valence-corrected chi connectivity index (χ2v) is 4.89. The van der Waals surface area contributed by atoms with Crippen LogP contribution in [-0.2, 0) is 4.74 Å². The molecule has 1 aliphatic heterocycles. The summed E-state index contributed by atoms with van der Waals surface area (Å²) in [7, 11) is 0. The van der Waals surface area contributed by atoms with E-state index >= 15 is 0 Å². The SMILES string of the molecule is Nc1cc(=O)[nH]c(SC2OC(CO)C(O)C2O)n1. The third kappa shape index (κ3) is 2.65. The van der Waals surface area contributed by atoms with Gasteiger partial charge in [-0.2, -0.15) is 0 Å². The Hall–Kier alpha value is -1.13. The maximum Gasteiger partial charge on any atom is 0.253 e. The molecule has 1 saturated heterocycles. The fraction of sp³-hybridized carbons (Fsp3) is 0.556. The molecule has 0 saturated carbocycles. The lowest BCUT2D eigenvalue weighted by Gasteiger charge is -2.13. The van der Waals surface area contributed by atoms with E-state index in [1.165, 1.54) is 0 Å². The highest BCUT2D eigenvalue weighted by atomic mass is 32.2. The van der Waals surface area contributed by atoms with Gasteiger partial charge in [-0.3, -0.25) is 4.79 Å². The number of ether oxygens (including phenoxy) is 1. The van der Waals surface area contributed by atoms with Crippen LogP contribution in [0.1, 0.15) is 0 Å². The molecule has 9 heteroatoms. The number of rotatable bonds is 3. The number of nitrogen functional groups attached to an aromatic ring is 1. The zero-order chi connectivity index (χ0) is 13.3. The Morgan fingerprint density at radius 2 is 2.22 bits per heavy atom. The Labute approximate surface area is 106 Å². The van der Waals surface area contributed by atoms with Crippen LogP contribution >= 0.6 is 11.8 Å². The molecule has 2 rings (SSSR count). The van der Waals surface area contributed by atoms with Crippen molar-refractivity contribution in [3.63, 3.8) is 0 Å². The van der Waals surface area contributed by atoms with E-state index < -0.39 is 35.9 Å². The summed E-state index contributed by atoms with van der Waals surface area (Å²) in [5, 5.41) is 28.4. The molecule has 0 bridgehead atoms. The Balaban J connectivity index is 2.12. The standard InChI is InChI=1S/C9H13N3O5S/c10-4-1-5(14)12-9(11-4)18-8-7(16)6(15)3(2-13)17-8/h1,3,6-8,13,15-16H,2H2,(H3,10,11,12,14). The molecule has 18 heavy (non-hydrogen) atoms. The Bertz CT molecular complexity index is 482. The van der Waals surface area contributed by atoms with Crippen LogP contribution in [0.5, 0.6) is 0 Å². The molecule has 4 atom stereocenters. The first-order valence-corrected chi connectivity index (χ1v) is 6.05. The van der Waals surface area contributed by atoms with Gasteiger partial charge in [0.15, 0.2) is 5.16 Å². The first kappa shape index (κ1) is 13.3. The van der Waals surface area contributed by atoms with E-state index in [1.54, 1.807) is 0 Å². The largest absolute Gasteiger partial charge is 0.394 e. The number of thioether (sulfide) groups is 1. The van der Waals surface area contributed by atoms with Gasteiger partial charge in [-0.05, 0) is 0 Å². The second kappa shape index (κ2) is 5.24. The van der Waals surface area contributed by atoms with Gasteiger partial charge in [0.1, 0.15) is 29.6 Å². The first-order valence-electron chi connectivity index (χ1n) is 5.17. The molecule has 0 radical (unpaired) electrons. The number of nitrogens with two attached hydrogens (primary N) is 1. The lowest BCUT2D eigenvalue weighted by molar-refractivity contribution is -0.00810. The molecule has 1 aromatic rings. The van der Waals surface area contributed by atoms with E-state index in [9.17, 15) is 15.0 Å². The molecule has 0 aliphatic carbocycles. The van der Waals surface area contributed by atoms with Crippen LogP contribution in [0.25, 0.3) is 0 Å². The number of aromatic amines is 1. The third-order valence-electron chi connectivity index (χ3n) is 2.47. The maximum absolute atomic E-state index is 11.2. The highest BCUT2D eigenvalue weighted by molar-refractivity contribution is 7.99. The van der Waals surface area contributed by atoms with Crippen LogP contribution in [-0.4, -0.2) is 55.6 Å². The highest BCUT2D eigenvalue weighted by Crippen LogP contribution is 2.32. The minimum atomic E-state index is -1.18. The van der Waals surface area contributed by atoms with Crippen LogP contribution in [0.4, 0.5) is 5.82 Å². The number of hydrogen-bond donors (Lipinski definition) is 5. The molecule has 8 nitrogen and oxygen atoms in total. The summed E-state index contributed by atoms with van der Waals surface area (Å²) in [4.78, 5) is 17.5. The molecule has 1 aliphatic rings. The number of nitrogens with one attached hydrogen (secondary N) is 1. The van der Waals surface area contributed by atoms with Crippen molar-refractivity contribution in [2.24, 2.45) is 0 Å². The summed E-state index contributed by atoms with van der Waals surface area (Å²) in [6.45, 7) is -0.407. The average Bonchev–Trinajstić information content (AvgIpc) is 2.55. The van der Waals surface area contributed by atoms with Gasteiger partial charge in [0.25, 0.3) is 5.56 Å². The van der Waals surface area contributed by atoms with Crippen LogP contribution in [0.3, 0.4) is 0 Å². The molecular weight excluding hydrogens is 262 g/mol. The quantitative estimate of drug-likeness (QED) is 0.394. The van der Waals surface area contributed by atoms with Crippen LogP contribution in [0, 0.1) is 0 Å². The maximum atomic E-state index is 11.2. The van der Waals surface area contributed by atoms with Crippen LogP contribution < -0.4 is 11.3 Å². The number of aromatic nitrogens is 2. The van der Waals surface area contributed by atoms with E-state index in [-0.39, 0.29) is 11.0 Å². The Kier molecular flexibility index (Phi) is 3.88.